The van der Waals surface area contributed by atoms with Crippen LogP contribution >= 0.6 is 0 Å². The average Bonchev–Trinajstić information content (AvgIpc) is 2.26. The van der Waals surface area contributed by atoms with Gasteiger partial charge in [-0.2, -0.15) is 5.26 Å². The second-order valence-corrected chi connectivity index (χ2v) is 4.12. The standard InChI is InChI=1S/C12H19N3O/c1-3-4-5-12(16)15-9-8-14(2)10-11(15)6-7-13/h4-5,11H,3,6,8-10H2,1-2H3/b5-4+. The van der Waals surface area contributed by atoms with Crippen molar-refractivity contribution in [3.8, 4) is 6.07 Å². The van der Waals surface area contributed by atoms with Crippen LogP contribution in [0.2, 0.25) is 0 Å². The van der Waals surface area contributed by atoms with E-state index in [9.17, 15) is 4.79 Å². The van der Waals surface area contributed by atoms with Gasteiger partial charge in [-0.15, -0.1) is 0 Å². The summed E-state index contributed by atoms with van der Waals surface area (Å²) in [6.07, 6.45) is 4.76. The fraction of sp³-hybridized carbons (Fsp3) is 0.667. The van der Waals surface area contributed by atoms with Gasteiger partial charge in [0.25, 0.3) is 0 Å². The number of hydrogen-bond donors (Lipinski definition) is 0. The number of hydrogen-bond acceptors (Lipinski definition) is 3. The number of allylic oxidation sites excluding steroid dienone is 1. The van der Waals surface area contributed by atoms with Crippen molar-refractivity contribution in [3.63, 3.8) is 0 Å². The van der Waals surface area contributed by atoms with E-state index in [4.69, 9.17) is 5.26 Å². The summed E-state index contributed by atoms with van der Waals surface area (Å²) >= 11 is 0. The van der Waals surface area contributed by atoms with Crippen molar-refractivity contribution in [1.29, 1.82) is 5.26 Å². The number of amides is 1. The van der Waals surface area contributed by atoms with E-state index in [1.807, 2.05) is 24.9 Å². The second-order valence-electron chi connectivity index (χ2n) is 4.12. The van der Waals surface area contributed by atoms with Crippen molar-refractivity contribution in [3.05, 3.63) is 12.2 Å². The number of rotatable bonds is 3. The van der Waals surface area contributed by atoms with E-state index < -0.39 is 0 Å². The van der Waals surface area contributed by atoms with Gasteiger partial charge in [0.2, 0.25) is 5.91 Å². The first-order valence-electron chi connectivity index (χ1n) is 5.71. The third kappa shape index (κ3) is 3.35. The van der Waals surface area contributed by atoms with Gasteiger partial charge in [0.15, 0.2) is 0 Å². The molecule has 0 radical (unpaired) electrons. The molecule has 0 bridgehead atoms. The van der Waals surface area contributed by atoms with Gasteiger partial charge < -0.3 is 9.80 Å². The van der Waals surface area contributed by atoms with Crippen LogP contribution in [0.25, 0.3) is 0 Å². The minimum Gasteiger partial charge on any atom is -0.333 e. The zero-order valence-corrected chi connectivity index (χ0v) is 10.0. The predicted octanol–water partition coefficient (Wildman–Crippen LogP) is 1.01. The molecule has 0 saturated carbocycles. The van der Waals surface area contributed by atoms with Crippen LogP contribution in [0.15, 0.2) is 12.2 Å². The zero-order valence-electron chi connectivity index (χ0n) is 10.0. The number of carbonyl (C=O) groups is 1. The lowest BCUT2D eigenvalue weighted by atomic mass is 10.1. The predicted molar refractivity (Wildman–Crippen MR) is 62.7 cm³/mol. The quantitative estimate of drug-likeness (QED) is 0.668. The van der Waals surface area contributed by atoms with Gasteiger partial charge in [0, 0.05) is 19.6 Å². The van der Waals surface area contributed by atoms with Crippen LogP contribution in [-0.4, -0.2) is 48.4 Å². The summed E-state index contributed by atoms with van der Waals surface area (Å²) in [4.78, 5) is 15.8. The normalized spacial score (nSPS) is 22.3. The molecule has 1 unspecified atom stereocenters. The van der Waals surface area contributed by atoms with Gasteiger partial charge in [-0.05, 0) is 19.5 Å². The highest BCUT2D eigenvalue weighted by molar-refractivity contribution is 5.87. The third-order valence-electron chi connectivity index (χ3n) is 2.79. The van der Waals surface area contributed by atoms with Crippen LogP contribution in [0, 0.1) is 11.3 Å². The molecule has 88 valence electrons. The maximum absolute atomic E-state index is 11.9. The van der Waals surface area contributed by atoms with Gasteiger partial charge in [-0.25, -0.2) is 0 Å². The number of nitrogens with zero attached hydrogens (tertiary/aromatic N) is 3. The maximum atomic E-state index is 11.9. The van der Waals surface area contributed by atoms with Gasteiger partial charge in [-0.1, -0.05) is 13.0 Å². The molecule has 0 N–H and O–H groups in total. The van der Waals surface area contributed by atoms with E-state index in [2.05, 4.69) is 11.0 Å². The third-order valence-corrected chi connectivity index (χ3v) is 2.79. The molecule has 16 heavy (non-hydrogen) atoms. The van der Waals surface area contributed by atoms with Crippen molar-refractivity contribution in [2.45, 2.75) is 25.8 Å². The van der Waals surface area contributed by atoms with Gasteiger partial charge >= 0.3 is 0 Å². The van der Waals surface area contributed by atoms with Crippen molar-refractivity contribution in [2.75, 3.05) is 26.7 Å². The summed E-state index contributed by atoms with van der Waals surface area (Å²) in [6, 6.07) is 2.19. The minimum atomic E-state index is 0.0372. The molecule has 0 aliphatic carbocycles. The summed E-state index contributed by atoms with van der Waals surface area (Å²) in [5, 5.41) is 8.76. The van der Waals surface area contributed by atoms with E-state index in [1.54, 1.807) is 6.08 Å². The summed E-state index contributed by atoms with van der Waals surface area (Å²) in [7, 11) is 2.02. The van der Waals surface area contributed by atoms with Gasteiger partial charge in [0.05, 0.1) is 18.5 Å². The monoisotopic (exact) mass is 221 g/mol. The zero-order chi connectivity index (χ0) is 12.0. The first-order chi connectivity index (χ1) is 7.69. The SMILES string of the molecule is CC/C=C/C(=O)N1CCN(C)CC1CC#N. The van der Waals surface area contributed by atoms with Crippen LogP contribution in [0.4, 0.5) is 0 Å². The molecule has 1 fully saturated rings. The molecule has 1 rings (SSSR count). The highest BCUT2D eigenvalue weighted by atomic mass is 16.2. The molecular formula is C12H19N3O. The minimum absolute atomic E-state index is 0.0372. The second kappa shape index (κ2) is 6.29. The van der Waals surface area contributed by atoms with E-state index in [-0.39, 0.29) is 11.9 Å². The van der Waals surface area contributed by atoms with Crippen molar-refractivity contribution >= 4 is 5.91 Å². The number of likely N-dealkylation sites (N-methyl/N-ethyl adjacent to an activating group) is 1. The lowest BCUT2D eigenvalue weighted by Crippen LogP contribution is -2.53. The Morgan fingerprint density at radius 2 is 2.31 bits per heavy atom. The molecule has 4 nitrogen and oxygen atoms in total. The molecule has 1 aliphatic rings. The van der Waals surface area contributed by atoms with Crippen LogP contribution in [0.5, 0.6) is 0 Å². The lowest BCUT2D eigenvalue weighted by Gasteiger charge is -2.38. The summed E-state index contributed by atoms with van der Waals surface area (Å²) in [6.45, 7) is 4.39. The molecule has 0 spiro atoms. The Hall–Kier alpha value is -1.34. The summed E-state index contributed by atoms with van der Waals surface area (Å²) in [5.74, 6) is 0.0372. The molecule has 0 aromatic heterocycles. The lowest BCUT2D eigenvalue weighted by molar-refractivity contribution is -0.130. The van der Waals surface area contributed by atoms with E-state index >= 15 is 0 Å². The molecule has 0 aromatic carbocycles. The Kier molecular flexibility index (Phi) is 5.00. The van der Waals surface area contributed by atoms with E-state index in [1.165, 1.54) is 0 Å². The molecule has 1 amide bonds. The highest BCUT2D eigenvalue weighted by Gasteiger charge is 2.27. The Morgan fingerprint density at radius 3 is 2.94 bits per heavy atom. The van der Waals surface area contributed by atoms with Crippen LogP contribution in [0.1, 0.15) is 19.8 Å². The smallest absolute Gasteiger partial charge is 0.246 e. The molecule has 1 saturated heterocycles. The molecular weight excluding hydrogens is 202 g/mol. The summed E-state index contributed by atoms with van der Waals surface area (Å²) in [5.41, 5.74) is 0. The Labute approximate surface area is 97.1 Å². The molecule has 1 atom stereocenters. The maximum Gasteiger partial charge on any atom is 0.246 e. The first-order valence-corrected chi connectivity index (χ1v) is 5.71. The number of piperazine rings is 1. The largest absolute Gasteiger partial charge is 0.333 e. The van der Waals surface area contributed by atoms with E-state index in [0.29, 0.717) is 6.42 Å². The first kappa shape index (κ1) is 12.7. The number of carbonyl (C=O) groups excluding carboxylic acids is 1. The van der Waals surface area contributed by atoms with Gasteiger partial charge in [0.1, 0.15) is 0 Å². The van der Waals surface area contributed by atoms with Crippen molar-refractivity contribution < 1.29 is 4.79 Å². The van der Waals surface area contributed by atoms with Crippen LogP contribution in [-0.2, 0) is 4.79 Å². The Morgan fingerprint density at radius 1 is 1.56 bits per heavy atom. The molecule has 4 heteroatoms. The topological polar surface area (TPSA) is 47.3 Å². The fourth-order valence-electron chi connectivity index (χ4n) is 1.90. The average molecular weight is 221 g/mol. The van der Waals surface area contributed by atoms with Crippen LogP contribution < -0.4 is 0 Å². The fourth-order valence-corrected chi connectivity index (χ4v) is 1.90. The molecule has 1 aliphatic heterocycles. The highest BCUT2D eigenvalue weighted by Crippen LogP contribution is 2.12. The number of nitriles is 1. The summed E-state index contributed by atoms with van der Waals surface area (Å²) < 4.78 is 0. The van der Waals surface area contributed by atoms with Crippen molar-refractivity contribution in [1.82, 2.24) is 9.80 Å². The van der Waals surface area contributed by atoms with E-state index in [0.717, 1.165) is 26.1 Å². The molecule has 1 heterocycles. The van der Waals surface area contributed by atoms with Crippen molar-refractivity contribution in [2.24, 2.45) is 0 Å². The molecule has 0 aromatic rings. The Balaban J connectivity index is 2.65. The van der Waals surface area contributed by atoms with Crippen LogP contribution in [0.3, 0.4) is 0 Å². The Bertz CT molecular complexity index is 306. The van der Waals surface area contributed by atoms with Gasteiger partial charge in [-0.3, -0.25) is 4.79 Å².